The number of aryl methyl sites for hydroxylation is 2. The lowest BCUT2D eigenvalue weighted by atomic mass is 10.1. The van der Waals surface area contributed by atoms with E-state index in [1.165, 1.54) is 16.7 Å². The second-order valence-electron chi connectivity index (χ2n) is 5.67. The summed E-state index contributed by atoms with van der Waals surface area (Å²) in [4.78, 5) is 0. The summed E-state index contributed by atoms with van der Waals surface area (Å²) in [5.41, 5.74) is 3.76. The fourth-order valence-corrected chi connectivity index (χ4v) is 3.03. The van der Waals surface area contributed by atoms with Gasteiger partial charge in [0.1, 0.15) is 10.0 Å². The molecule has 0 fully saturated rings. The predicted molar refractivity (Wildman–Crippen MR) is 86.2 cm³/mol. The molecule has 0 radical (unpaired) electrons. The molecule has 1 aromatic carbocycles. The van der Waals surface area contributed by atoms with Gasteiger partial charge in [-0.2, -0.15) is 0 Å². The van der Waals surface area contributed by atoms with E-state index in [1.54, 1.807) is 11.3 Å². The first-order chi connectivity index (χ1) is 9.56. The Hall–Kier alpha value is -1.26. The number of aromatic nitrogens is 2. The van der Waals surface area contributed by atoms with Crippen molar-refractivity contribution in [3.8, 4) is 10.6 Å². The first-order valence-corrected chi connectivity index (χ1v) is 7.98. The fraction of sp³-hybridized carbons (Fsp3) is 0.500. The van der Waals surface area contributed by atoms with Crippen LogP contribution in [-0.4, -0.2) is 23.3 Å². The van der Waals surface area contributed by atoms with Gasteiger partial charge in [-0.05, 0) is 31.9 Å². The van der Waals surface area contributed by atoms with Crippen molar-refractivity contribution in [3.63, 3.8) is 0 Å². The monoisotopic (exact) mass is 289 g/mol. The van der Waals surface area contributed by atoms with E-state index in [2.05, 4.69) is 61.4 Å². The van der Waals surface area contributed by atoms with E-state index in [-0.39, 0.29) is 0 Å². The zero-order valence-electron chi connectivity index (χ0n) is 12.7. The van der Waals surface area contributed by atoms with E-state index in [0.717, 1.165) is 29.5 Å². The number of hydrogen-bond donors (Lipinski definition) is 1. The maximum absolute atomic E-state index is 4.33. The Labute approximate surface area is 125 Å². The SMILES string of the molecule is Cc1ccc(-c2nnc(CCNCC(C)C)s2)c(C)c1. The molecule has 0 atom stereocenters. The molecule has 0 bridgehead atoms. The predicted octanol–water partition coefficient (Wildman–Crippen LogP) is 3.61. The minimum atomic E-state index is 0.690. The van der Waals surface area contributed by atoms with Crippen molar-refractivity contribution in [1.29, 1.82) is 0 Å². The Morgan fingerprint density at radius 2 is 2.00 bits per heavy atom. The smallest absolute Gasteiger partial charge is 0.148 e. The molecule has 1 heterocycles. The van der Waals surface area contributed by atoms with E-state index in [0.29, 0.717) is 5.92 Å². The average molecular weight is 289 g/mol. The molecule has 4 heteroatoms. The van der Waals surface area contributed by atoms with Gasteiger partial charge < -0.3 is 5.32 Å². The third kappa shape index (κ3) is 4.12. The second-order valence-corrected chi connectivity index (χ2v) is 6.73. The summed E-state index contributed by atoms with van der Waals surface area (Å²) in [6.07, 6.45) is 0.954. The zero-order chi connectivity index (χ0) is 14.5. The van der Waals surface area contributed by atoms with Crippen molar-refractivity contribution in [2.24, 2.45) is 5.92 Å². The quantitative estimate of drug-likeness (QED) is 0.826. The molecule has 1 aromatic heterocycles. The van der Waals surface area contributed by atoms with E-state index in [4.69, 9.17) is 0 Å². The standard InChI is InChI=1S/C16H23N3S/c1-11(2)10-17-8-7-15-18-19-16(20-15)14-6-5-12(3)9-13(14)4/h5-6,9,11,17H,7-8,10H2,1-4H3. The Morgan fingerprint density at radius 1 is 1.20 bits per heavy atom. The van der Waals surface area contributed by atoms with Crippen LogP contribution in [0, 0.1) is 19.8 Å². The van der Waals surface area contributed by atoms with Crippen LogP contribution in [0.4, 0.5) is 0 Å². The van der Waals surface area contributed by atoms with E-state index in [9.17, 15) is 0 Å². The normalized spacial score (nSPS) is 11.2. The summed E-state index contributed by atoms with van der Waals surface area (Å²) in [6.45, 7) is 10.7. The van der Waals surface area contributed by atoms with Crippen LogP contribution >= 0.6 is 11.3 Å². The lowest BCUT2D eigenvalue weighted by Gasteiger charge is -2.05. The van der Waals surface area contributed by atoms with Crippen molar-refractivity contribution in [1.82, 2.24) is 15.5 Å². The molecular weight excluding hydrogens is 266 g/mol. The van der Waals surface area contributed by atoms with E-state index < -0.39 is 0 Å². The van der Waals surface area contributed by atoms with Crippen molar-refractivity contribution < 1.29 is 0 Å². The number of nitrogens with zero attached hydrogens (tertiary/aromatic N) is 2. The van der Waals surface area contributed by atoms with Gasteiger partial charge in [-0.15, -0.1) is 10.2 Å². The third-order valence-electron chi connectivity index (χ3n) is 3.15. The molecule has 108 valence electrons. The van der Waals surface area contributed by atoms with Gasteiger partial charge in [0.15, 0.2) is 0 Å². The van der Waals surface area contributed by atoms with Crippen LogP contribution in [0.25, 0.3) is 10.6 Å². The van der Waals surface area contributed by atoms with Gasteiger partial charge in [0.2, 0.25) is 0 Å². The molecule has 0 unspecified atom stereocenters. The lowest BCUT2D eigenvalue weighted by Crippen LogP contribution is -2.22. The highest BCUT2D eigenvalue weighted by Crippen LogP contribution is 2.27. The molecule has 0 amide bonds. The third-order valence-corrected chi connectivity index (χ3v) is 4.16. The van der Waals surface area contributed by atoms with Gasteiger partial charge in [0.05, 0.1) is 0 Å². The molecular formula is C16H23N3S. The summed E-state index contributed by atoms with van der Waals surface area (Å²) in [5.74, 6) is 0.690. The molecule has 20 heavy (non-hydrogen) atoms. The molecule has 0 aliphatic heterocycles. The molecule has 0 saturated carbocycles. The fourth-order valence-electron chi connectivity index (χ4n) is 2.10. The van der Waals surface area contributed by atoms with Crippen molar-refractivity contribution in [2.45, 2.75) is 34.1 Å². The molecule has 0 aliphatic carbocycles. The zero-order valence-corrected chi connectivity index (χ0v) is 13.5. The molecule has 1 N–H and O–H groups in total. The first-order valence-electron chi connectivity index (χ1n) is 7.17. The molecule has 0 spiro atoms. The van der Waals surface area contributed by atoms with Crippen LogP contribution in [0.5, 0.6) is 0 Å². The van der Waals surface area contributed by atoms with Crippen LogP contribution < -0.4 is 5.32 Å². The maximum atomic E-state index is 4.33. The van der Waals surface area contributed by atoms with Gasteiger partial charge in [0, 0.05) is 18.5 Å². The van der Waals surface area contributed by atoms with Gasteiger partial charge in [0.25, 0.3) is 0 Å². The minimum absolute atomic E-state index is 0.690. The summed E-state index contributed by atoms with van der Waals surface area (Å²) in [7, 11) is 0. The van der Waals surface area contributed by atoms with E-state index >= 15 is 0 Å². The highest BCUT2D eigenvalue weighted by atomic mass is 32.1. The van der Waals surface area contributed by atoms with Crippen LogP contribution in [0.15, 0.2) is 18.2 Å². The Morgan fingerprint density at radius 3 is 2.70 bits per heavy atom. The topological polar surface area (TPSA) is 37.8 Å². The number of hydrogen-bond acceptors (Lipinski definition) is 4. The highest BCUT2D eigenvalue weighted by molar-refractivity contribution is 7.14. The van der Waals surface area contributed by atoms with Crippen LogP contribution in [0.1, 0.15) is 30.0 Å². The molecule has 0 aliphatic rings. The summed E-state index contributed by atoms with van der Waals surface area (Å²) < 4.78 is 0. The van der Waals surface area contributed by atoms with Crippen molar-refractivity contribution in [3.05, 3.63) is 34.3 Å². The molecule has 0 saturated heterocycles. The Balaban J connectivity index is 1.98. The van der Waals surface area contributed by atoms with Crippen molar-refractivity contribution >= 4 is 11.3 Å². The van der Waals surface area contributed by atoms with Gasteiger partial charge in [-0.1, -0.05) is 48.9 Å². The van der Waals surface area contributed by atoms with Crippen LogP contribution in [0.2, 0.25) is 0 Å². The summed E-state index contributed by atoms with van der Waals surface area (Å²) in [6, 6.07) is 6.47. The average Bonchev–Trinajstić information content (AvgIpc) is 2.83. The van der Waals surface area contributed by atoms with E-state index in [1.807, 2.05) is 0 Å². The van der Waals surface area contributed by atoms with Crippen LogP contribution in [-0.2, 0) is 6.42 Å². The Kier molecular flexibility index (Phi) is 5.26. The molecule has 3 nitrogen and oxygen atoms in total. The summed E-state index contributed by atoms with van der Waals surface area (Å²) in [5, 5.41) is 14.2. The lowest BCUT2D eigenvalue weighted by molar-refractivity contribution is 0.553. The summed E-state index contributed by atoms with van der Waals surface area (Å²) >= 11 is 1.70. The minimum Gasteiger partial charge on any atom is -0.316 e. The number of benzene rings is 1. The highest BCUT2D eigenvalue weighted by Gasteiger charge is 2.09. The molecule has 2 rings (SSSR count). The largest absolute Gasteiger partial charge is 0.316 e. The second kappa shape index (κ2) is 6.95. The molecule has 2 aromatic rings. The van der Waals surface area contributed by atoms with Gasteiger partial charge in [-0.3, -0.25) is 0 Å². The maximum Gasteiger partial charge on any atom is 0.148 e. The Bertz CT molecular complexity index is 561. The van der Waals surface area contributed by atoms with Gasteiger partial charge >= 0.3 is 0 Å². The van der Waals surface area contributed by atoms with Crippen molar-refractivity contribution in [2.75, 3.05) is 13.1 Å². The first kappa shape index (κ1) is 15.1. The number of nitrogens with one attached hydrogen (secondary N) is 1. The van der Waals surface area contributed by atoms with Gasteiger partial charge in [-0.25, -0.2) is 0 Å². The van der Waals surface area contributed by atoms with Crippen LogP contribution in [0.3, 0.4) is 0 Å². The number of rotatable bonds is 6.